The number of halogens is 2. The summed E-state index contributed by atoms with van der Waals surface area (Å²) in [5.74, 6) is -2.56. The monoisotopic (exact) mass is 540 g/mol. The second-order valence-corrected chi connectivity index (χ2v) is 10.4. The molecule has 1 aliphatic carbocycles. The number of anilines is 1. The fourth-order valence-electron chi connectivity index (χ4n) is 4.62. The van der Waals surface area contributed by atoms with Crippen LogP contribution < -0.4 is 10.1 Å². The first-order valence-electron chi connectivity index (χ1n) is 12.6. The van der Waals surface area contributed by atoms with Gasteiger partial charge in [-0.2, -0.15) is 0 Å². The standard InChI is InChI=1S/C29H30F2N2O4S/c1-17(28(35)36)13-22-23(30)14-20(15-24(22)31)27(34)33-29-32-25(16-38-29)21-9-6-10-26(18(21)2)37-12-11-19-7-4-3-5-8-19/h6,9-10,13-16,19H,3-5,7-8,11-12H2,1-2H3,(H,35,36)(H,32,33,34). The largest absolute Gasteiger partial charge is 0.493 e. The van der Waals surface area contributed by atoms with Gasteiger partial charge in [0.2, 0.25) is 0 Å². The molecule has 0 radical (unpaired) electrons. The number of benzene rings is 2. The summed E-state index contributed by atoms with van der Waals surface area (Å²) in [6, 6.07) is 7.51. The summed E-state index contributed by atoms with van der Waals surface area (Å²) in [4.78, 5) is 28.1. The summed E-state index contributed by atoms with van der Waals surface area (Å²) in [6.45, 7) is 3.87. The van der Waals surface area contributed by atoms with E-state index in [1.54, 1.807) is 5.38 Å². The first-order valence-corrected chi connectivity index (χ1v) is 13.5. The Labute approximate surface area is 224 Å². The minimum Gasteiger partial charge on any atom is -0.493 e. The normalized spacial score (nSPS) is 14.4. The highest BCUT2D eigenvalue weighted by atomic mass is 32.1. The molecule has 0 atom stereocenters. The Bertz CT molecular complexity index is 1340. The van der Waals surface area contributed by atoms with E-state index in [2.05, 4.69) is 10.3 Å². The molecule has 4 rings (SSSR count). The van der Waals surface area contributed by atoms with Gasteiger partial charge in [0.05, 0.1) is 12.3 Å². The van der Waals surface area contributed by atoms with Crippen LogP contribution in [0.1, 0.15) is 66.9 Å². The molecular formula is C29H30F2N2O4S. The number of amides is 1. The summed E-state index contributed by atoms with van der Waals surface area (Å²) in [7, 11) is 0. The van der Waals surface area contributed by atoms with Crippen LogP contribution in [-0.2, 0) is 4.79 Å². The highest BCUT2D eigenvalue weighted by molar-refractivity contribution is 7.14. The van der Waals surface area contributed by atoms with E-state index in [1.807, 2.05) is 25.1 Å². The highest BCUT2D eigenvalue weighted by Crippen LogP contribution is 2.33. The third kappa shape index (κ3) is 6.64. The molecule has 2 N–H and O–H groups in total. The first-order chi connectivity index (χ1) is 18.2. The lowest BCUT2D eigenvalue weighted by molar-refractivity contribution is -0.132. The second-order valence-electron chi connectivity index (χ2n) is 9.55. The van der Waals surface area contributed by atoms with Crippen molar-refractivity contribution in [1.29, 1.82) is 0 Å². The zero-order valence-corrected chi connectivity index (χ0v) is 22.2. The molecule has 0 unspecified atom stereocenters. The smallest absolute Gasteiger partial charge is 0.331 e. The number of nitrogens with one attached hydrogen (secondary N) is 1. The number of nitrogens with zero attached hydrogens (tertiary/aromatic N) is 1. The zero-order valence-electron chi connectivity index (χ0n) is 21.4. The number of carboxylic acid groups (broad SMARTS) is 1. The van der Waals surface area contributed by atoms with Crippen molar-refractivity contribution in [1.82, 2.24) is 4.98 Å². The predicted molar refractivity (Wildman–Crippen MR) is 145 cm³/mol. The molecule has 0 aliphatic heterocycles. The van der Waals surface area contributed by atoms with Gasteiger partial charge in [-0.25, -0.2) is 18.6 Å². The molecule has 1 aliphatic rings. The van der Waals surface area contributed by atoms with Crippen LogP contribution in [0.2, 0.25) is 0 Å². The van der Waals surface area contributed by atoms with Crippen LogP contribution >= 0.6 is 11.3 Å². The van der Waals surface area contributed by atoms with Gasteiger partial charge < -0.3 is 9.84 Å². The van der Waals surface area contributed by atoms with E-state index in [0.717, 1.165) is 47.4 Å². The van der Waals surface area contributed by atoms with Gasteiger partial charge in [0, 0.05) is 33.2 Å². The van der Waals surface area contributed by atoms with Crippen molar-refractivity contribution < 1.29 is 28.2 Å². The summed E-state index contributed by atoms with van der Waals surface area (Å²) in [6.07, 6.45) is 8.44. The molecule has 1 amide bonds. The van der Waals surface area contributed by atoms with Crippen LogP contribution in [-0.4, -0.2) is 28.6 Å². The fourth-order valence-corrected chi connectivity index (χ4v) is 5.32. The molecule has 2 aromatic carbocycles. The number of aliphatic carboxylic acids is 1. The summed E-state index contributed by atoms with van der Waals surface area (Å²) >= 11 is 1.20. The summed E-state index contributed by atoms with van der Waals surface area (Å²) in [5, 5.41) is 13.6. The van der Waals surface area contributed by atoms with Crippen LogP contribution in [0.4, 0.5) is 13.9 Å². The minimum absolute atomic E-state index is 0.232. The molecule has 1 fully saturated rings. The molecule has 3 aromatic rings. The summed E-state index contributed by atoms with van der Waals surface area (Å²) < 4.78 is 35.0. The number of carbonyl (C=O) groups is 2. The van der Waals surface area contributed by atoms with E-state index < -0.39 is 29.1 Å². The van der Waals surface area contributed by atoms with E-state index in [0.29, 0.717) is 12.3 Å². The molecule has 1 aromatic heterocycles. The SMILES string of the molecule is CC(=Cc1c(F)cc(C(=O)Nc2nc(-c3cccc(OCCC4CCCCC4)c3C)cs2)cc1F)C(=O)O. The molecule has 0 saturated heterocycles. The van der Waals surface area contributed by atoms with Crippen molar-refractivity contribution in [2.75, 3.05) is 11.9 Å². The fraction of sp³-hybridized carbons (Fsp3) is 0.345. The van der Waals surface area contributed by atoms with Crippen LogP contribution in [0.25, 0.3) is 17.3 Å². The van der Waals surface area contributed by atoms with Crippen molar-refractivity contribution >= 4 is 34.4 Å². The molecule has 1 saturated carbocycles. The highest BCUT2D eigenvalue weighted by Gasteiger charge is 2.18. The maximum absolute atomic E-state index is 14.5. The topological polar surface area (TPSA) is 88.5 Å². The molecule has 0 bridgehead atoms. The van der Waals surface area contributed by atoms with E-state index >= 15 is 0 Å². The van der Waals surface area contributed by atoms with Gasteiger partial charge >= 0.3 is 5.97 Å². The van der Waals surface area contributed by atoms with Crippen molar-refractivity contribution in [2.45, 2.75) is 52.4 Å². The average Bonchev–Trinajstić information content (AvgIpc) is 3.35. The number of rotatable bonds is 9. The van der Waals surface area contributed by atoms with Crippen molar-refractivity contribution in [3.05, 3.63) is 69.6 Å². The lowest BCUT2D eigenvalue weighted by atomic mass is 9.87. The number of hydrogen-bond acceptors (Lipinski definition) is 5. The second kappa shape index (κ2) is 12.3. The van der Waals surface area contributed by atoms with Crippen molar-refractivity contribution in [2.24, 2.45) is 5.92 Å². The number of ether oxygens (including phenoxy) is 1. The van der Waals surface area contributed by atoms with E-state index in [4.69, 9.17) is 9.84 Å². The molecule has 0 spiro atoms. The van der Waals surface area contributed by atoms with Gasteiger partial charge in [0.15, 0.2) is 5.13 Å². The maximum Gasteiger partial charge on any atom is 0.331 e. The number of carboxylic acids is 1. The van der Waals surface area contributed by atoms with Gasteiger partial charge in [-0.1, -0.05) is 44.2 Å². The molecule has 6 nitrogen and oxygen atoms in total. The van der Waals surface area contributed by atoms with Crippen LogP contribution in [0, 0.1) is 24.5 Å². The van der Waals surface area contributed by atoms with Gasteiger partial charge in [0.1, 0.15) is 17.4 Å². The Morgan fingerprint density at radius 3 is 2.58 bits per heavy atom. The lowest BCUT2D eigenvalue weighted by Crippen LogP contribution is -2.13. The minimum atomic E-state index is -1.29. The number of aromatic nitrogens is 1. The number of thiazole rings is 1. The van der Waals surface area contributed by atoms with Crippen molar-refractivity contribution in [3.63, 3.8) is 0 Å². The third-order valence-electron chi connectivity index (χ3n) is 6.83. The Balaban J connectivity index is 1.43. The Morgan fingerprint density at radius 2 is 1.89 bits per heavy atom. The van der Waals surface area contributed by atoms with Crippen LogP contribution in [0.5, 0.6) is 5.75 Å². The lowest BCUT2D eigenvalue weighted by Gasteiger charge is -2.21. The van der Waals surface area contributed by atoms with Gasteiger partial charge in [-0.15, -0.1) is 11.3 Å². The van der Waals surface area contributed by atoms with Crippen LogP contribution in [0.15, 0.2) is 41.3 Å². The molecule has 1 heterocycles. The molecular weight excluding hydrogens is 510 g/mol. The first kappa shape index (κ1) is 27.4. The predicted octanol–water partition coefficient (Wildman–Crippen LogP) is 7.49. The molecule has 38 heavy (non-hydrogen) atoms. The summed E-state index contributed by atoms with van der Waals surface area (Å²) in [5.41, 5.74) is 1.48. The van der Waals surface area contributed by atoms with Crippen LogP contribution in [0.3, 0.4) is 0 Å². The number of carbonyl (C=O) groups excluding carboxylic acids is 1. The molecule has 9 heteroatoms. The van der Waals surface area contributed by atoms with Gasteiger partial charge in [0.25, 0.3) is 5.91 Å². The van der Waals surface area contributed by atoms with Crippen molar-refractivity contribution in [3.8, 4) is 17.0 Å². The Hall–Kier alpha value is -3.59. The maximum atomic E-state index is 14.5. The van der Waals surface area contributed by atoms with Gasteiger partial charge in [-0.3, -0.25) is 10.1 Å². The van der Waals surface area contributed by atoms with E-state index in [9.17, 15) is 18.4 Å². The third-order valence-corrected chi connectivity index (χ3v) is 7.59. The zero-order chi connectivity index (χ0) is 27.2. The van der Waals surface area contributed by atoms with E-state index in [1.165, 1.54) is 50.4 Å². The van der Waals surface area contributed by atoms with Gasteiger partial charge in [-0.05, 0) is 50.5 Å². The Morgan fingerprint density at radius 1 is 1.18 bits per heavy atom. The molecule has 200 valence electrons. The Kier molecular flexibility index (Phi) is 8.89. The number of hydrogen-bond donors (Lipinski definition) is 2. The average molecular weight is 541 g/mol. The van der Waals surface area contributed by atoms with E-state index in [-0.39, 0.29) is 16.3 Å². The quantitative estimate of drug-likeness (QED) is 0.275.